The molecule has 0 bridgehead atoms. The fourth-order valence-electron chi connectivity index (χ4n) is 3.03. The van der Waals surface area contributed by atoms with E-state index in [4.69, 9.17) is 9.47 Å². The van der Waals surface area contributed by atoms with Crippen LogP contribution in [-0.4, -0.2) is 41.9 Å². The topological polar surface area (TPSA) is 73.7 Å². The molecule has 1 heterocycles. The number of hydrogen-bond donors (Lipinski definition) is 0. The van der Waals surface area contributed by atoms with Gasteiger partial charge in [-0.15, -0.1) is 0 Å². The molecule has 7 nitrogen and oxygen atoms in total. The molecule has 0 aliphatic heterocycles. The summed E-state index contributed by atoms with van der Waals surface area (Å²) in [5, 5.41) is 4.33. The third-order valence-corrected chi connectivity index (χ3v) is 4.53. The summed E-state index contributed by atoms with van der Waals surface area (Å²) in [6.07, 6.45) is 0. The molecule has 0 N–H and O–H groups in total. The minimum atomic E-state index is -0.450. The van der Waals surface area contributed by atoms with E-state index in [9.17, 15) is 9.59 Å². The fourth-order valence-corrected chi connectivity index (χ4v) is 3.03. The van der Waals surface area contributed by atoms with E-state index in [1.165, 1.54) is 11.0 Å². The van der Waals surface area contributed by atoms with Gasteiger partial charge in [0.2, 0.25) is 5.43 Å². The second-order valence-corrected chi connectivity index (χ2v) is 6.60. The van der Waals surface area contributed by atoms with Crippen molar-refractivity contribution in [3.05, 3.63) is 81.8 Å². The summed E-state index contributed by atoms with van der Waals surface area (Å²) in [7, 11) is 4.75. The molecule has 2 aromatic carbocycles. The Bertz CT molecular complexity index is 1080. The average molecular weight is 393 g/mol. The highest BCUT2D eigenvalue weighted by atomic mass is 16.5. The lowest BCUT2D eigenvalue weighted by Gasteiger charge is -2.18. The maximum Gasteiger partial charge on any atom is 0.278 e. The summed E-state index contributed by atoms with van der Waals surface area (Å²) in [6, 6.07) is 16.2. The van der Waals surface area contributed by atoms with Crippen LogP contribution in [-0.2, 0) is 6.54 Å². The Kier molecular flexibility index (Phi) is 5.97. The smallest absolute Gasteiger partial charge is 0.278 e. The molecule has 0 unspecified atom stereocenters. The van der Waals surface area contributed by atoms with Crippen LogP contribution in [0, 0.1) is 6.92 Å². The van der Waals surface area contributed by atoms with Gasteiger partial charge in [-0.05, 0) is 36.8 Å². The van der Waals surface area contributed by atoms with Crippen LogP contribution in [0.15, 0.2) is 59.4 Å². The number of carbonyl (C=O) groups excluding carboxylic acids is 1. The number of nitrogens with zero attached hydrogens (tertiary/aromatic N) is 3. The average Bonchev–Trinajstić information content (AvgIpc) is 2.73. The summed E-state index contributed by atoms with van der Waals surface area (Å²) >= 11 is 0. The number of carbonyl (C=O) groups is 1. The number of amides is 1. The Balaban J connectivity index is 1.89. The van der Waals surface area contributed by atoms with Gasteiger partial charge in [0.05, 0.1) is 19.9 Å². The Morgan fingerprint density at radius 2 is 1.72 bits per heavy atom. The molecule has 1 aromatic heterocycles. The lowest BCUT2D eigenvalue weighted by atomic mass is 10.2. The lowest BCUT2D eigenvalue weighted by molar-refractivity contribution is 0.0775. The molecule has 150 valence electrons. The van der Waals surface area contributed by atoms with Crippen LogP contribution >= 0.6 is 0 Å². The Morgan fingerprint density at radius 1 is 1.03 bits per heavy atom. The lowest BCUT2D eigenvalue weighted by Crippen LogP contribution is -2.33. The van der Waals surface area contributed by atoms with Gasteiger partial charge in [-0.3, -0.25) is 9.59 Å². The zero-order valence-electron chi connectivity index (χ0n) is 16.9. The number of para-hydroxylation sites is 1. The Labute approximate surface area is 169 Å². The summed E-state index contributed by atoms with van der Waals surface area (Å²) in [6.45, 7) is 2.07. The molecule has 0 saturated carbocycles. The summed E-state index contributed by atoms with van der Waals surface area (Å²) < 4.78 is 12.1. The number of methoxy groups -OCH3 is 2. The molecule has 0 radical (unpaired) electrons. The zero-order chi connectivity index (χ0) is 21.0. The van der Waals surface area contributed by atoms with Crippen LogP contribution in [0.5, 0.6) is 11.5 Å². The van der Waals surface area contributed by atoms with E-state index in [0.717, 1.165) is 11.3 Å². The van der Waals surface area contributed by atoms with Crippen LogP contribution in [0.4, 0.5) is 0 Å². The van der Waals surface area contributed by atoms with Crippen molar-refractivity contribution in [1.29, 1.82) is 0 Å². The first-order valence-corrected chi connectivity index (χ1v) is 9.07. The van der Waals surface area contributed by atoms with E-state index < -0.39 is 11.3 Å². The van der Waals surface area contributed by atoms with Crippen molar-refractivity contribution < 1.29 is 14.3 Å². The standard InChI is InChI=1S/C22H23N3O4/c1-15-12-18(26)21(23-25(15)17-8-6-5-7-9-17)22(27)24(2)14-16-10-11-19(28-3)20(13-16)29-4/h5-13H,14H2,1-4H3. The summed E-state index contributed by atoms with van der Waals surface area (Å²) in [5.41, 5.74) is 1.75. The molecule has 0 atom stereocenters. The largest absolute Gasteiger partial charge is 0.493 e. The molecule has 0 aliphatic rings. The van der Waals surface area contributed by atoms with Gasteiger partial charge in [-0.25, -0.2) is 4.68 Å². The third-order valence-electron chi connectivity index (χ3n) is 4.53. The molecule has 3 aromatic rings. The molecule has 7 heteroatoms. The number of ether oxygens (including phenoxy) is 2. The predicted molar refractivity (Wildman–Crippen MR) is 110 cm³/mol. The van der Waals surface area contributed by atoms with E-state index in [1.807, 2.05) is 36.4 Å². The second kappa shape index (κ2) is 8.60. The molecule has 0 aliphatic carbocycles. The van der Waals surface area contributed by atoms with Crippen LogP contribution in [0.1, 0.15) is 21.7 Å². The number of hydrogen-bond acceptors (Lipinski definition) is 5. The van der Waals surface area contributed by atoms with Gasteiger partial charge in [0.1, 0.15) is 0 Å². The first-order chi connectivity index (χ1) is 13.9. The summed E-state index contributed by atoms with van der Waals surface area (Å²) in [4.78, 5) is 26.8. The van der Waals surface area contributed by atoms with Gasteiger partial charge in [-0.1, -0.05) is 24.3 Å². The van der Waals surface area contributed by atoms with Crippen molar-refractivity contribution in [3.63, 3.8) is 0 Å². The van der Waals surface area contributed by atoms with Gasteiger partial charge in [-0.2, -0.15) is 5.10 Å². The van der Waals surface area contributed by atoms with Crippen LogP contribution in [0.3, 0.4) is 0 Å². The molecule has 1 amide bonds. The molecule has 0 spiro atoms. The minimum absolute atomic E-state index is 0.123. The van der Waals surface area contributed by atoms with E-state index in [-0.39, 0.29) is 5.69 Å². The number of aryl methyl sites for hydroxylation is 1. The number of aromatic nitrogens is 2. The molecular formula is C22H23N3O4. The van der Waals surface area contributed by atoms with Crippen molar-refractivity contribution in [2.75, 3.05) is 21.3 Å². The first kappa shape index (κ1) is 20.1. The van der Waals surface area contributed by atoms with Crippen LogP contribution in [0.25, 0.3) is 5.69 Å². The minimum Gasteiger partial charge on any atom is -0.493 e. The highest BCUT2D eigenvalue weighted by molar-refractivity contribution is 5.91. The van der Waals surface area contributed by atoms with Gasteiger partial charge < -0.3 is 14.4 Å². The van der Waals surface area contributed by atoms with Gasteiger partial charge in [0.15, 0.2) is 17.2 Å². The van der Waals surface area contributed by atoms with Crippen molar-refractivity contribution in [3.8, 4) is 17.2 Å². The maximum absolute atomic E-state index is 12.9. The van der Waals surface area contributed by atoms with Gasteiger partial charge in [0, 0.05) is 25.4 Å². The molecule has 0 saturated heterocycles. The fraction of sp³-hybridized carbons (Fsp3) is 0.227. The first-order valence-electron chi connectivity index (χ1n) is 9.07. The highest BCUT2D eigenvalue weighted by Gasteiger charge is 2.20. The van der Waals surface area contributed by atoms with Crippen LogP contribution in [0.2, 0.25) is 0 Å². The van der Waals surface area contributed by atoms with E-state index >= 15 is 0 Å². The van der Waals surface area contributed by atoms with Crippen molar-refractivity contribution in [1.82, 2.24) is 14.7 Å². The van der Waals surface area contributed by atoms with Gasteiger partial charge >= 0.3 is 0 Å². The molecule has 0 fully saturated rings. The summed E-state index contributed by atoms with van der Waals surface area (Å²) in [5.74, 6) is 0.733. The van der Waals surface area contributed by atoms with E-state index in [2.05, 4.69) is 5.10 Å². The van der Waals surface area contributed by atoms with Gasteiger partial charge in [0.25, 0.3) is 5.91 Å². The SMILES string of the molecule is COc1ccc(CN(C)C(=O)c2nn(-c3ccccc3)c(C)cc2=O)cc1OC. The van der Waals surface area contributed by atoms with Crippen molar-refractivity contribution in [2.24, 2.45) is 0 Å². The maximum atomic E-state index is 12.9. The van der Waals surface area contributed by atoms with Crippen molar-refractivity contribution >= 4 is 5.91 Å². The third kappa shape index (κ3) is 4.29. The molecule has 3 rings (SSSR count). The second-order valence-electron chi connectivity index (χ2n) is 6.60. The van der Waals surface area contributed by atoms with Crippen molar-refractivity contribution in [2.45, 2.75) is 13.5 Å². The quantitative estimate of drug-likeness (QED) is 0.644. The van der Waals surface area contributed by atoms with Crippen LogP contribution < -0.4 is 14.9 Å². The zero-order valence-corrected chi connectivity index (χ0v) is 16.9. The Morgan fingerprint density at radius 3 is 2.38 bits per heavy atom. The molecular weight excluding hydrogens is 370 g/mol. The number of benzene rings is 2. The van der Waals surface area contributed by atoms with E-state index in [0.29, 0.717) is 23.7 Å². The number of rotatable bonds is 6. The monoisotopic (exact) mass is 393 g/mol. The highest BCUT2D eigenvalue weighted by Crippen LogP contribution is 2.28. The normalized spacial score (nSPS) is 10.5. The predicted octanol–water partition coefficient (Wildman–Crippen LogP) is 2.83. The Hall–Kier alpha value is -3.61. The molecule has 29 heavy (non-hydrogen) atoms. The van der Waals surface area contributed by atoms with E-state index in [1.54, 1.807) is 45.0 Å².